The van der Waals surface area contributed by atoms with Gasteiger partial charge in [-0.3, -0.25) is 0 Å². The summed E-state index contributed by atoms with van der Waals surface area (Å²) in [5.74, 6) is 0. The zero-order valence-electron chi connectivity index (χ0n) is 5.03. The van der Waals surface area contributed by atoms with Crippen molar-refractivity contribution in [2.75, 3.05) is 13.7 Å². The minimum atomic E-state index is -1.16. The minimum absolute atomic E-state index is 0.374. The van der Waals surface area contributed by atoms with Crippen LogP contribution in [-0.4, -0.2) is 13.7 Å². The molecule has 0 amide bonds. The monoisotopic (exact) mass is 164 g/mol. The molecule has 0 spiro atoms. The standard InChI is InChI=1S/C4H7NO2PS/c1-6-8(9)7-4-2-3-5/h2,4H2,1H3/q+1. The Morgan fingerprint density at radius 1 is 1.78 bits per heavy atom. The Morgan fingerprint density at radius 2 is 2.44 bits per heavy atom. The van der Waals surface area contributed by atoms with E-state index in [0.29, 0.717) is 13.0 Å². The Hall–Kier alpha value is -0.0700. The summed E-state index contributed by atoms with van der Waals surface area (Å²) in [5, 5.41) is 8.05. The van der Waals surface area contributed by atoms with Gasteiger partial charge in [-0.25, -0.2) is 0 Å². The highest BCUT2D eigenvalue weighted by Crippen LogP contribution is 2.21. The summed E-state index contributed by atoms with van der Waals surface area (Å²) in [4.78, 5) is 0. The smallest absolute Gasteiger partial charge is 0.198 e. The summed E-state index contributed by atoms with van der Waals surface area (Å²) in [5.41, 5.74) is 0. The number of hydrogen-bond donors (Lipinski definition) is 0. The van der Waals surface area contributed by atoms with Gasteiger partial charge in [0, 0.05) is 0 Å². The summed E-state index contributed by atoms with van der Waals surface area (Å²) in [6, 6.07) is 1.93. The molecular formula is C4H7NO2PS+. The van der Waals surface area contributed by atoms with Crippen LogP contribution in [0, 0.1) is 11.3 Å². The van der Waals surface area contributed by atoms with Gasteiger partial charge in [-0.05, 0) is 0 Å². The van der Waals surface area contributed by atoms with Gasteiger partial charge in [-0.15, -0.1) is 9.05 Å². The lowest BCUT2D eigenvalue weighted by atomic mass is 10.5. The highest BCUT2D eigenvalue weighted by Gasteiger charge is 2.08. The van der Waals surface area contributed by atoms with Crippen molar-refractivity contribution in [2.45, 2.75) is 6.42 Å². The van der Waals surface area contributed by atoms with Crippen molar-refractivity contribution < 1.29 is 9.05 Å². The van der Waals surface area contributed by atoms with Crippen molar-refractivity contribution in [3.05, 3.63) is 0 Å². The van der Waals surface area contributed by atoms with Gasteiger partial charge in [0.15, 0.2) is 0 Å². The molecule has 0 rings (SSSR count). The molecule has 9 heavy (non-hydrogen) atoms. The first-order chi connectivity index (χ1) is 4.31. The van der Waals surface area contributed by atoms with Crippen molar-refractivity contribution in [2.24, 2.45) is 0 Å². The lowest BCUT2D eigenvalue weighted by Gasteiger charge is -1.82. The van der Waals surface area contributed by atoms with E-state index in [1.807, 2.05) is 6.07 Å². The fourth-order valence-electron chi connectivity index (χ4n) is 0.219. The second-order valence-electron chi connectivity index (χ2n) is 1.15. The number of hydrogen-bond acceptors (Lipinski definition) is 4. The lowest BCUT2D eigenvalue weighted by molar-refractivity contribution is 0.306. The average molecular weight is 164 g/mol. The molecule has 0 radical (unpaired) electrons. The molecule has 0 fully saturated rings. The SMILES string of the molecule is CO[P+](=S)OCCC#N. The van der Waals surface area contributed by atoms with Crippen LogP contribution in [0.1, 0.15) is 6.42 Å². The van der Waals surface area contributed by atoms with Gasteiger partial charge in [-0.1, -0.05) is 0 Å². The Labute approximate surface area is 60.2 Å². The summed E-state index contributed by atoms with van der Waals surface area (Å²) < 4.78 is 9.51. The molecule has 1 atom stereocenters. The van der Waals surface area contributed by atoms with E-state index < -0.39 is 7.15 Å². The van der Waals surface area contributed by atoms with E-state index in [2.05, 4.69) is 16.3 Å². The Kier molecular flexibility index (Phi) is 6.01. The van der Waals surface area contributed by atoms with Crippen LogP contribution in [-0.2, 0) is 20.9 Å². The maximum Gasteiger partial charge on any atom is 0.521 e. The molecule has 0 aliphatic heterocycles. The molecule has 50 valence electrons. The number of nitriles is 1. The van der Waals surface area contributed by atoms with Gasteiger partial charge in [0.2, 0.25) is 11.8 Å². The highest BCUT2D eigenvalue weighted by molar-refractivity contribution is 8.00. The van der Waals surface area contributed by atoms with Crippen LogP contribution in [0.2, 0.25) is 0 Å². The van der Waals surface area contributed by atoms with E-state index in [-0.39, 0.29) is 0 Å². The molecule has 5 heteroatoms. The first-order valence-electron chi connectivity index (χ1n) is 2.32. The normalized spacial score (nSPS) is 10.4. The molecular weight excluding hydrogens is 157 g/mol. The molecule has 3 nitrogen and oxygen atoms in total. The molecule has 0 aliphatic carbocycles. The van der Waals surface area contributed by atoms with Crippen molar-refractivity contribution in [1.29, 1.82) is 5.26 Å². The van der Waals surface area contributed by atoms with E-state index >= 15 is 0 Å². The molecule has 0 aromatic rings. The van der Waals surface area contributed by atoms with Crippen molar-refractivity contribution in [3.63, 3.8) is 0 Å². The quantitative estimate of drug-likeness (QED) is 0.464. The van der Waals surface area contributed by atoms with Gasteiger partial charge in [0.05, 0.1) is 19.6 Å². The summed E-state index contributed by atoms with van der Waals surface area (Å²) in [7, 11) is 0.333. The van der Waals surface area contributed by atoms with Gasteiger partial charge in [0.25, 0.3) is 0 Å². The van der Waals surface area contributed by atoms with E-state index in [1.165, 1.54) is 7.11 Å². The number of rotatable bonds is 4. The Morgan fingerprint density at radius 3 is 2.89 bits per heavy atom. The van der Waals surface area contributed by atoms with Crippen LogP contribution in [0.3, 0.4) is 0 Å². The maximum absolute atomic E-state index is 8.05. The van der Waals surface area contributed by atoms with Crippen molar-refractivity contribution in [1.82, 2.24) is 0 Å². The predicted octanol–water partition coefficient (Wildman–Crippen LogP) is 1.34. The first kappa shape index (κ1) is 8.93. The van der Waals surface area contributed by atoms with Crippen molar-refractivity contribution >= 4 is 19.0 Å². The van der Waals surface area contributed by atoms with E-state index in [4.69, 9.17) is 9.79 Å². The fraction of sp³-hybridized carbons (Fsp3) is 0.750. The van der Waals surface area contributed by atoms with E-state index in [9.17, 15) is 0 Å². The summed E-state index contributed by atoms with van der Waals surface area (Å²) in [6.07, 6.45) is 0.374. The highest BCUT2D eigenvalue weighted by atomic mass is 32.4. The summed E-state index contributed by atoms with van der Waals surface area (Å²) >= 11 is 4.66. The van der Waals surface area contributed by atoms with Gasteiger partial charge in [-0.2, -0.15) is 5.26 Å². The van der Waals surface area contributed by atoms with Crippen LogP contribution >= 0.6 is 7.15 Å². The third-order valence-electron chi connectivity index (χ3n) is 0.560. The van der Waals surface area contributed by atoms with E-state index in [1.54, 1.807) is 0 Å². The second-order valence-corrected chi connectivity index (χ2v) is 3.11. The zero-order chi connectivity index (χ0) is 7.11. The third-order valence-corrected chi connectivity index (χ3v) is 2.01. The molecule has 0 saturated heterocycles. The van der Waals surface area contributed by atoms with Crippen LogP contribution in [0.4, 0.5) is 0 Å². The average Bonchev–Trinajstić information content (AvgIpc) is 1.89. The van der Waals surface area contributed by atoms with E-state index in [0.717, 1.165) is 0 Å². The molecule has 0 aromatic heterocycles. The molecule has 0 heterocycles. The Balaban J connectivity index is 3.09. The minimum Gasteiger partial charge on any atom is -0.198 e. The molecule has 0 saturated carbocycles. The molecule has 0 N–H and O–H groups in total. The maximum atomic E-state index is 8.05. The molecule has 0 aliphatic rings. The third kappa shape index (κ3) is 5.81. The van der Waals surface area contributed by atoms with Gasteiger partial charge >= 0.3 is 7.15 Å². The van der Waals surface area contributed by atoms with Crippen LogP contribution in [0.15, 0.2) is 0 Å². The fourth-order valence-corrected chi connectivity index (χ4v) is 0.788. The van der Waals surface area contributed by atoms with Gasteiger partial charge in [0.1, 0.15) is 6.61 Å². The van der Waals surface area contributed by atoms with Crippen LogP contribution in [0.25, 0.3) is 0 Å². The van der Waals surface area contributed by atoms with Crippen LogP contribution in [0.5, 0.6) is 0 Å². The van der Waals surface area contributed by atoms with Gasteiger partial charge < -0.3 is 0 Å². The largest absolute Gasteiger partial charge is 0.521 e. The van der Waals surface area contributed by atoms with Crippen LogP contribution < -0.4 is 0 Å². The molecule has 0 aromatic carbocycles. The lowest BCUT2D eigenvalue weighted by Crippen LogP contribution is -1.83. The topological polar surface area (TPSA) is 42.2 Å². The number of nitrogens with zero attached hydrogens (tertiary/aromatic N) is 1. The molecule has 1 unspecified atom stereocenters. The molecule has 0 bridgehead atoms. The second kappa shape index (κ2) is 6.06. The Bertz CT molecular complexity index is 133. The van der Waals surface area contributed by atoms with Crippen molar-refractivity contribution in [3.8, 4) is 6.07 Å². The first-order valence-corrected chi connectivity index (χ1v) is 4.51. The zero-order valence-corrected chi connectivity index (χ0v) is 6.74. The predicted molar refractivity (Wildman–Crippen MR) is 37.5 cm³/mol. The summed E-state index contributed by atoms with van der Waals surface area (Å²) in [6.45, 7) is 0.375.